The van der Waals surface area contributed by atoms with Crippen LogP contribution in [0, 0.1) is 18.6 Å². The van der Waals surface area contributed by atoms with E-state index in [9.17, 15) is 22.0 Å². The number of rotatable bonds is 6. The number of ether oxygens (including phenoxy) is 1. The average molecular weight is 472 g/mol. The van der Waals surface area contributed by atoms with E-state index < -0.39 is 27.3 Å². The number of pyridine rings is 1. The third kappa shape index (κ3) is 4.85. The molecule has 2 heterocycles. The zero-order chi connectivity index (χ0) is 23.8. The molecule has 0 aliphatic rings. The summed E-state index contributed by atoms with van der Waals surface area (Å²) in [7, 11) is -3.67. The fourth-order valence-electron chi connectivity index (χ4n) is 3.39. The van der Waals surface area contributed by atoms with Gasteiger partial charge in [-0.3, -0.25) is 4.72 Å². The molecule has 0 atom stereocenters. The van der Waals surface area contributed by atoms with Crippen LogP contribution in [0.25, 0.3) is 11.0 Å². The van der Waals surface area contributed by atoms with E-state index in [2.05, 4.69) is 9.71 Å². The van der Waals surface area contributed by atoms with Crippen LogP contribution in [0.3, 0.4) is 0 Å². The molecule has 0 saturated carbocycles. The second-order valence-corrected chi connectivity index (χ2v) is 9.12. The van der Waals surface area contributed by atoms with Gasteiger partial charge in [0, 0.05) is 29.6 Å². The Kier molecular flexibility index (Phi) is 5.86. The summed E-state index contributed by atoms with van der Waals surface area (Å²) in [5, 5.41) is 0.587. The highest BCUT2D eigenvalue weighted by Crippen LogP contribution is 2.29. The number of sulfonamides is 1. The fourth-order valence-corrected chi connectivity index (χ4v) is 3.94. The standard InChI is InChI=1S/C23H18F2N2O5S/c1-13-16-9-8-15(31-22-18(24)6-4-10-26-22)12-20(16)32-23(28)17(13)11-14-5-3-7-19(21(14)25)27-33(2,29)30/h3-10,12,27H,11H2,1-2H3. The first-order valence-electron chi connectivity index (χ1n) is 9.72. The molecule has 0 radical (unpaired) electrons. The third-order valence-corrected chi connectivity index (χ3v) is 5.53. The van der Waals surface area contributed by atoms with Gasteiger partial charge in [-0.15, -0.1) is 0 Å². The molecule has 1 N–H and O–H groups in total. The summed E-state index contributed by atoms with van der Waals surface area (Å²) in [5.41, 5.74) is 0.246. The Morgan fingerprint density at radius 1 is 1.12 bits per heavy atom. The maximum absolute atomic E-state index is 14.8. The highest BCUT2D eigenvalue weighted by atomic mass is 32.2. The number of nitrogens with one attached hydrogen (secondary N) is 1. The maximum atomic E-state index is 14.8. The number of nitrogens with zero attached hydrogens (tertiary/aromatic N) is 1. The lowest BCUT2D eigenvalue weighted by atomic mass is 9.99. The number of hydrogen-bond donors (Lipinski definition) is 1. The molecule has 0 bridgehead atoms. The smallest absolute Gasteiger partial charge is 0.340 e. The molecule has 4 aromatic rings. The molecule has 0 aliphatic heterocycles. The maximum Gasteiger partial charge on any atom is 0.340 e. The van der Waals surface area contributed by atoms with Gasteiger partial charge in [-0.2, -0.15) is 0 Å². The van der Waals surface area contributed by atoms with Gasteiger partial charge in [0.05, 0.1) is 11.9 Å². The summed E-state index contributed by atoms with van der Waals surface area (Å²) in [4.78, 5) is 16.5. The van der Waals surface area contributed by atoms with Crippen molar-refractivity contribution in [2.24, 2.45) is 0 Å². The second kappa shape index (κ2) is 8.62. The van der Waals surface area contributed by atoms with Gasteiger partial charge in [0.15, 0.2) is 11.6 Å². The number of benzene rings is 2. The van der Waals surface area contributed by atoms with E-state index in [1.165, 1.54) is 42.6 Å². The molecule has 4 rings (SSSR count). The Hall–Kier alpha value is -3.79. The largest absolute Gasteiger partial charge is 0.436 e. The van der Waals surface area contributed by atoms with Crippen molar-refractivity contribution in [3.63, 3.8) is 0 Å². The second-order valence-electron chi connectivity index (χ2n) is 7.37. The number of anilines is 1. The van der Waals surface area contributed by atoms with E-state index in [1.54, 1.807) is 19.1 Å². The first-order valence-corrected chi connectivity index (χ1v) is 11.6. The lowest BCUT2D eigenvalue weighted by Crippen LogP contribution is -2.14. The van der Waals surface area contributed by atoms with Crippen LogP contribution < -0.4 is 15.1 Å². The van der Waals surface area contributed by atoms with E-state index in [1.807, 2.05) is 0 Å². The molecule has 0 unspecified atom stereocenters. The first kappa shape index (κ1) is 22.4. The first-order chi connectivity index (χ1) is 15.6. The number of halogens is 2. The Labute approximate surface area is 187 Å². The molecule has 0 spiro atoms. The van der Waals surface area contributed by atoms with E-state index in [0.717, 1.165) is 6.26 Å². The Bertz CT molecular complexity index is 1530. The van der Waals surface area contributed by atoms with E-state index in [-0.39, 0.29) is 40.4 Å². The molecule has 10 heteroatoms. The van der Waals surface area contributed by atoms with Crippen LogP contribution >= 0.6 is 0 Å². The van der Waals surface area contributed by atoms with Gasteiger partial charge in [-0.25, -0.2) is 27.0 Å². The van der Waals surface area contributed by atoms with Gasteiger partial charge >= 0.3 is 5.63 Å². The number of fused-ring (bicyclic) bond motifs is 1. The Balaban J connectivity index is 1.70. The number of aryl methyl sites for hydroxylation is 1. The van der Waals surface area contributed by atoms with Crippen LogP contribution in [0.4, 0.5) is 14.5 Å². The van der Waals surface area contributed by atoms with Gasteiger partial charge < -0.3 is 9.15 Å². The summed E-state index contributed by atoms with van der Waals surface area (Å²) in [6.45, 7) is 1.70. The quantitative estimate of drug-likeness (QED) is 0.414. The highest BCUT2D eigenvalue weighted by Gasteiger charge is 2.17. The van der Waals surface area contributed by atoms with Crippen LogP contribution in [-0.2, 0) is 16.4 Å². The van der Waals surface area contributed by atoms with Crippen molar-refractivity contribution in [2.45, 2.75) is 13.3 Å². The summed E-state index contributed by atoms with van der Waals surface area (Å²) in [6.07, 6.45) is 2.20. The molecule has 2 aromatic heterocycles. The van der Waals surface area contributed by atoms with Crippen molar-refractivity contribution in [1.29, 1.82) is 0 Å². The molecular weight excluding hydrogens is 454 g/mol. The van der Waals surface area contributed by atoms with E-state index in [4.69, 9.17) is 9.15 Å². The minimum absolute atomic E-state index is 0.105. The molecule has 170 valence electrons. The topological polar surface area (TPSA) is 98.5 Å². The normalized spacial score (nSPS) is 11.5. The predicted molar refractivity (Wildman–Crippen MR) is 119 cm³/mol. The molecular formula is C23H18F2N2O5S. The summed E-state index contributed by atoms with van der Waals surface area (Å²) >= 11 is 0. The highest BCUT2D eigenvalue weighted by molar-refractivity contribution is 7.92. The van der Waals surface area contributed by atoms with Gasteiger partial charge in [0.2, 0.25) is 10.0 Å². The summed E-state index contributed by atoms with van der Waals surface area (Å²) in [6, 6.07) is 11.5. The fraction of sp³-hybridized carbons (Fsp3) is 0.130. The van der Waals surface area contributed by atoms with Crippen molar-refractivity contribution in [3.05, 3.63) is 93.5 Å². The van der Waals surface area contributed by atoms with Crippen LogP contribution in [0.1, 0.15) is 16.7 Å². The van der Waals surface area contributed by atoms with Crippen molar-refractivity contribution in [2.75, 3.05) is 11.0 Å². The summed E-state index contributed by atoms with van der Waals surface area (Å²) in [5.74, 6) is -1.41. The van der Waals surface area contributed by atoms with Crippen molar-refractivity contribution >= 4 is 26.7 Å². The minimum atomic E-state index is -3.67. The van der Waals surface area contributed by atoms with Crippen molar-refractivity contribution in [1.82, 2.24) is 4.98 Å². The van der Waals surface area contributed by atoms with Crippen LogP contribution in [0.2, 0.25) is 0 Å². The SMILES string of the molecule is Cc1c(Cc2cccc(NS(C)(=O)=O)c2F)c(=O)oc2cc(Oc3ncccc3F)ccc12. The van der Waals surface area contributed by atoms with E-state index >= 15 is 0 Å². The lowest BCUT2D eigenvalue weighted by molar-refractivity contribution is 0.422. The predicted octanol–water partition coefficient (Wildman–Crippen LogP) is 4.53. The Morgan fingerprint density at radius 2 is 1.91 bits per heavy atom. The number of hydrogen-bond acceptors (Lipinski definition) is 6. The van der Waals surface area contributed by atoms with Crippen LogP contribution in [0.5, 0.6) is 11.6 Å². The van der Waals surface area contributed by atoms with Crippen molar-refractivity contribution < 1.29 is 26.4 Å². The number of aromatic nitrogens is 1. The average Bonchev–Trinajstić information content (AvgIpc) is 2.74. The minimum Gasteiger partial charge on any atom is -0.436 e. The third-order valence-electron chi connectivity index (χ3n) is 4.94. The zero-order valence-corrected chi connectivity index (χ0v) is 18.4. The zero-order valence-electron chi connectivity index (χ0n) is 17.6. The van der Waals surface area contributed by atoms with Crippen molar-refractivity contribution in [3.8, 4) is 11.6 Å². The molecule has 0 amide bonds. The Morgan fingerprint density at radius 3 is 2.64 bits per heavy atom. The molecule has 33 heavy (non-hydrogen) atoms. The molecule has 7 nitrogen and oxygen atoms in total. The van der Waals surface area contributed by atoms with Gasteiger partial charge in [-0.05, 0) is 48.4 Å². The molecule has 2 aromatic carbocycles. The lowest BCUT2D eigenvalue weighted by Gasteiger charge is -2.12. The van der Waals surface area contributed by atoms with Gasteiger partial charge in [0.1, 0.15) is 11.3 Å². The molecule has 0 saturated heterocycles. The van der Waals surface area contributed by atoms with Crippen LogP contribution in [-0.4, -0.2) is 19.7 Å². The monoisotopic (exact) mass is 472 g/mol. The van der Waals surface area contributed by atoms with Crippen LogP contribution in [0.15, 0.2) is 63.9 Å². The van der Waals surface area contributed by atoms with Gasteiger partial charge in [0.25, 0.3) is 5.88 Å². The molecule has 0 aliphatic carbocycles. The van der Waals surface area contributed by atoms with Gasteiger partial charge in [-0.1, -0.05) is 12.1 Å². The van der Waals surface area contributed by atoms with E-state index in [0.29, 0.717) is 10.9 Å². The summed E-state index contributed by atoms with van der Waals surface area (Å²) < 4.78 is 64.5. The molecule has 0 fully saturated rings.